The summed E-state index contributed by atoms with van der Waals surface area (Å²) < 4.78 is 1.22. The number of rotatable bonds is 3. The molecule has 14 heavy (non-hydrogen) atoms. The standard InChI is InChI=1S/C11H16INO/c1-8-3-4-9(7-10(8)12)11(2,13)5-6-14/h3-4,7,14H,5-6,13H2,1-2H3/t11-/m1/s1. The molecule has 0 radical (unpaired) electrons. The van der Waals surface area contributed by atoms with Crippen molar-refractivity contribution in [3.05, 3.63) is 32.9 Å². The summed E-state index contributed by atoms with van der Waals surface area (Å²) in [4.78, 5) is 0. The first-order valence-corrected chi connectivity index (χ1v) is 5.71. The van der Waals surface area contributed by atoms with Crippen LogP contribution in [-0.4, -0.2) is 11.7 Å². The number of hydrogen-bond donors (Lipinski definition) is 2. The average molecular weight is 305 g/mol. The molecule has 0 aromatic heterocycles. The first-order chi connectivity index (χ1) is 6.47. The quantitative estimate of drug-likeness (QED) is 0.841. The van der Waals surface area contributed by atoms with Crippen LogP contribution in [0.3, 0.4) is 0 Å². The van der Waals surface area contributed by atoms with Crippen LogP contribution in [0.5, 0.6) is 0 Å². The Bertz CT molecular complexity index is 323. The molecule has 0 spiro atoms. The van der Waals surface area contributed by atoms with Gasteiger partial charge in [-0.1, -0.05) is 12.1 Å². The van der Waals surface area contributed by atoms with Gasteiger partial charge < -0.3 is 10.8 Å². The minimum absolute atomic E-state index is 0.122. The molecule has 3 N–H and O–H groups in total. The van der Waals surface area contributed by atoms with Gasteiger partial charge in [-0.2, -0.15) is 0 Å². The molecule has 1 rings (SSSR count). The Morgan fingerprint density at radius 3 is 2.64 bits per heavy atom. The van der Waals surface area contributed by atoms with E-state index in [1.54, 1.807) is 0 Å². The normalized spacial score (nSPS) is 15.2. The molecule has 0 saturated heterocycles. The zero-order valence-corrected chi connectivity index (χ0v) is 10.7. The van der Waals surface area contributed by atoms with Gasteiger partial charge in [-0.3, -0.25) is 0 Å². The van der Waals surface area contributed by atoms with Crippen LogP contribution in [0, 0.1) is 10.5 Å². The van der Waals surface area contributed by atoms with Crippen molar-refractivity contribution in [2.45, 2.75) is 25.8 Å². The maximum absolute atomic E-state index is 8.91. The van der Waals surface area contributed by atoms with Crippen molar-refractivity contribution < 1.29 is 5.11 Å². The SMILES string of the molecule is Cc1ccc([C@](C)(N)CCO)cc1I. The fraction of sp³-hybridized carbons (Fsp3) is 0.455. The second-order valence-corrected chi connectivity index (χ2v) is 5.02. The van der Waals surface area contributed by atoms with Gasteiger partial charge in [-0.25, -0.2) is 0 Å². The summed E-state index contributed by atoms with van der Waals surface area (Å²) in [5.41, 5.74) is 8.02. The monoisotopic (exact) mass is 305 g/mol. The maximum atomic E-state index is 8.91. The Morgan fingerprint density at radius 2 is 2.14 bits per heavy atom. The summed E-state index contributed by atoms with van der Waals surface area (Å²) in [6.45, 7) is 4.15. The smallest absolute Gasteiger partial charge is 0.0451 e. The highest BCUT2D eigenvalue weighted by molar-refractivity contribution is 14.1. The first kappa shape index (κ1) is 11.9. The van der Waals surface area contributed by atoms with E-state index in [0.717, 1.165) is 5.56 Å². The highest BCUT2D eigenvalue weighted by atomic mass is 127. The largest absolute Gasteiger partial charge is 0.396 e. The van der Waals surface area contributed by atoms with E-state index >= 15 is 0 Å². The number of hydrogen-bond acceptors (Lipinski definition) is 2. The molecule has 0 aliphatic heterocycles. The third kappa shape index (κ3) is 2.68. The molecule has 3 heteroatoms. The van der Waals surface area contributed by atoms with E-state index < -0.39 is 5.54 Å². The summed E-state index contributed by atoms with van der Waals surface area (Å²) in [5.74, 6) is 0. The van der Waals surface area contributed by atoms with Crippen LogP contribution >= 0.6 is 22.6 Å². The summed E-state index contributed by atoms with van der Waals surface area (Å²) in [5, 5.41) is 8.91. The van der Waals surface area contributed by atoms with Gasteiger partial charge in [0.15, 0.2) is 0 Å². The second-order valence-electron chi connectivity index (χ2n) is 3.86. The predicted octanol–water partition coefficient (Wildman–Crippen LogP) is 2.16. The molecule has 0 saturated carbocycles. The number of halogens is 1. The molecule has 0 aliphatic rings. The predicted molar refractivity (Wildman–Crippen MR) is 67.1 cm³/mol. The lowest BCUT2D eigenvalue weighted by molar-refractivity contribution is 0.247. The Balaban J connectivity index is 3.01. The third-order valence-corrected chi connectivity index (χ3v) is 3.62. The van der Waals surface area contributed by atoms with E-state index in [2.05, 4.69) is 41.6 Å². The van der Waals surface area contributed by atoms with Gasteiger partial charge in [0.2, 0.25) is 0 Å². The molecular formula is C11H16INO. The van der Waals surface area contributed by atoms with Crippen molar-refractivity contribution in [2.24, 2.45) is 5.73 Å². The molecule has 0 fully saturated rings. The van der Waals surface area contributed by atoms with E-state index in [1.165, 1.54) is 9.13 Å². The van der Waals surface area contributed by atoms with Crippen LogP contribution in [-0.2, 0) is 5.54 Å². The molecule has 2 nitrogen and oxygen atoms in total. The molecule has 0 heterocycles. The topological polar surface area (TPSA) is 46.2 Å². The molecule has 1 aromatic rings. The lowest BCUT2D eigenvalue weighted by Gasteiger charge is -2.24. The second kappa shape index (κ2) is 4.59. The Labute approximate surface area is 98.7 Å². The zero-order valence-electron chi connectivity index (χ0n) is 8.55. The lowest BCUT2D eigenvalue weighted by Crippen LogP contribution is -2.34. The fourth-order valence-corrected chi connectivity index (χ4v) is 1.84. The summed E-state index contributed by atoms with van der Waals surface area (Å²) >= 11 is 2.30. The molecule has 0 amide bonds. The van der Waals surface area contributed by atoms with Crippen molar-refractivity contribution in [1.29, 1.82) is 0 Å². The van der Waals surface area contributed by atoms with Gasteiger partial charge in [0.25, 0.3) is 0 Å². The van der Waals surface area contributed by atoms with Crippen LogP contribution in [0.4, 0.5) is 0 Å². The molecule has 78 valence electrons. The van der Waals surface area contributed by atoms with Crippen molar-refractivity contribution in [1.82, 2.24) is 0 Å². The van der Waals surface area contributed by atoms with Crippen LogP contribution < -0.4 is 5.73 Å². The van der Waals surface area contributed by atoms with E-state index in [-0.39, 0.29) is 6.61 Å². The van der Waals surface area contributed by atoms with E-state index in [4.69, 9.17) is 10.8 Å². The van der Waals surface area contributed by atoms with Crippen LogP contribution in [0.2, 0.25) is 0 Å². The third-order valence-electron chi connectivity index (χ3n) is 2.46. The van der Waals surface area contributed by atoms with Gasteiger partial charge in [0, 0.05) is 15.7 Å². The lowest BCUT2D eigenvalue weighted by atomic mass is 9.90. The number of benzene rings is 1. The maximum Gasteiger partial charge on any atom is 0.0451 e. The van der Waals surface area contributed by atoms with E-state index in [0.29, 0.717) is 6.42 Å². The van der Waals surface area contributed by atoms with Crippen molar-refractivity contribution in [2.75, 3.05) is 6.61 Å². The highest BCUT2D eigenvalue weighted by Crippen LogP contribution is 2.24. The van der Waals surface area contributed by atoms with Crippen molar-refractivity contribution >= 4 is 22.6 Å². The van der Waals surface area contributed by atoms with Gasteiger partial charge in [-0.05, 0) is 60.1 Å². The number of aliphatic hydroxyl groups is 1. The molecule has 0 unspecified atom stereocenters. The molecule has 0 bridgehead atoms. The van der Waals surface area contributed by atoms with Crippen molar-refractivity contribution in [3.63, 3.8) is 0 Å². The van der Waals surface area contributed by atoms with Gasteiger partial charge >= 0.3 is 0 Å². The van der Waals surface area contributed by atoms with E-state index in [1.807, 2.05) is 13.0 Å². The first-order valence-electron chi connectivity index (χ1n) is 4.64. The zero-order chi connectivity index (χ0) is 10.8. The molecule has 0 aliphatic carbocycles. The van der Waals surface area contributed by atoms with Crippen molar-refractivity contribution in [3.8, 4) is 0 Å². The Kier molecular flexibility index (Phi) is 3.92. The summed E-state index contributed by atoms with van der Waals surface area (Å²) in [7, 11) is 0. The number of nitrogens with two attached hydrogens (primary N) is 1. The minimum Gasteiger partial charge on any atom is -0.396 e. The Morgan fingerprint density at radius 1 is 1.50 bits per heavy atom. The number of aliphatic hydroxyl groups excluding tert-OH is 1. The van der Waals surface area contributed by atoms with Crippen LogP contribution in [0.1, 0.15) is 24.5 Å². The van der Waals surface area contributed by atoms with Gasteiger partial charge in [-0.15, -0.1) is 0 Å². The molecular weight excluding hydrogens is 289 g/mol. The molecule has 1 aromatic carbocycles. The number of aryl methyl sites for hydroxylation is 1. The Hall–Kier alpha value is -0.130. The fourth-order valence-electron chi connectivity index (χ4n) is 1.32. The highest BCUT2D eigenvalue weighted by Gasteiger charge is 2.20. The minimum atomic E-state index is -0.428. The summed E-state index contributed by atoms with van der Waals surface area (Å²) in [6, 6.07) is 6.19. The van der Waals surface area contributed by atoms with Crippen LogP contribution in [0.15, 0.2) is 18.2 Å². The summed E-state index contributed by atoms with van der Waals surface area (Å²) in [6.07, 6.45) is 0.589. The van der Waals surface area contributed by atoms with Gasteiger partial charge in [0.1, 0.15) is 0 Å². The van der Waals surface area contributed by atoms with Gasteiger partial charge in [0.05, 0.1) is 0 Å². The van der Waals surface area contributed by atoms with E-state index in [9.17, 15) is 0 Å². The molecule has 1 atom stereocenters. The van der Waals surface area contributed by atoms with Crippen LogP contribution in [0.25, 0.3) is 0 Å². The average Bonchev–Trinajstić information content (AvgIpc) is 2.09.